The fourth-order valence-electron chi connectivity index (χ4n) is 3.20. The first-order valence-electron chi connectivity index (χ1n) is 7.33. The summed E-state index contributed by atoms with van der Waals surface area (Å²) in [6.07, 6.45) is 7.38. The molecule has 5 heteroatoms. The summed E-state index contributed by atoms with van der Waals surface area (Å²) in [7, 11) is 0. The van der Waals surface area contributed by atoms with Crippen LogP contribution in [0, 0.1) is 0 Å². The average Bonchev–Trinajstić information content (AvgIpc) is 3.10. The maximum absolute atomic E-state index is 9.15. The number of aliphatic hydroxyl groups excluding tert-OH is 1. The highest BCUT2D eigenvalue weighted by Gasteiger charge is 2.26. The molecule has 0 amide bonds. The van der Waals surface area contributed by atoms with Gasteiger partial charge in [0.1, 0.15) is 18.0 Å². The number of rotatable bonds is 4. The molecular weight excluding hydrogens is 240 g/mol. The number of hydrogen-bond donors (Lipinski definition) is 1. The van der Waals surface area contributed by atoms with Crippen molar-refractivity contribution >= 4 is 11.6 Å². The van der Waals surface area contributed by atoms with Gasteiger partial charge in [0.05, 0.1) is 0 Å². The van der Waals surface area contributed by atoms with E-state index in [1.807, 2.05) is 0 Å². The van der Waals surface area contributed by atoms with Crippen molar-refractivity contribution in [1.82, 2.24) is 9.97 Å². The van der Waals surface area contributed by atoms with Crippen LogP contribution < -0.4 is 9.80 Å². The van der Waals surface area contributed by atoms with Crippen molar-refractivity contribution in [3.63, 3.8) is 0 Å². The molecule has 0 radical (unpaired) electrons. The Morgan fingerprint density at radius 1 is 1.11 bits per heavy atom. The van der Waals surface area contributed by atoms with Gasteiger partial charge in [-0.3, -0.25) is 0 Å². The van der Waals surface area contributed by atoms with Crippen molar-refractivity contribution in [3.8, 4) is 0 Å². The van der Waals surface area contributed by atoms with Crippen LogP contribution in [0.2, 0.25) is 0 Å². The molecule has 104 valence electrons. The second kappa shape index (κ2) is 5.74. The van der Waals surface area contributed by atoms with Gasteiger partial charge in [-0.15, -0.1) is 0 Å². The van der Waals surface area contributed by atoms with Crippen molar-refractivity contribution in [2.24, 2.45) is 0 Å². The summed E-state index contributed by atoms with van der Waals surface area (Å²) < 4.78 is 0. The highest BCUT2D eigenvalue weighted by atomic mass is 16.3. The molecule has 1 atom stereocenters. The Hall–Kier alpha value is -1.36. The Morgan fingerprint density at radius 2 is 1.89 bits per heavy atom. The smallest absolute Gasteiger partial charge is 0.134 e. The van der Waals surface area contributed by atoms with Crippen LogP contribution in [0.15, 0.2) is 12.4 Å². The lowest BCUT2D eigenvalue weighted by molar-refractivity contribution is 0.275. The predicted octanol–water partition coefficient (Wildman–Crippen LogP) is 1.43. The van der Waals surface area contributed by atoms with Crippen molar-refractivity contribution < 1.29 is 5.11 Å². The number of hydrogen-bond acceptors (Lipinski definition) is 5. The van der Waals surface area contributed by atoms with Crippen LogP contribution in [0.1, 0.15) is 32.1 Å². The van der Waals surface area contributed by atoms with E-state index in [2.05, 4.69) is 25.8 Å². The van der Waals surface area contributed by atoms with E-state index in [1.165, 1.54) is 19.3 Å². The van der Waals surface area contributed by atoms with Crippen LogP contribution in [0.4, 0.5) is 11.6 Å². The second-order valence-corrected chi connectivity index (χ2v) is 5.43. The highest BCUT2D eigenvalue weighted by molar-refractivity contribution is 5.51. The molecule has 0 aromatic carbocycles. The third-order valence-corrected chi connectivity index (χ3v) is 4.20. The van der Waals surface area contributed by atoms with E-state index >= 15 is 0 Å². The molecule has 0 aliphatic carbocycles. The zero-order chi connectivity index (χ0) is 13.1. The van der Waals surface area contributed by atoms with Crippen LogP contribution in [-0.4, -0.2) is 47.4 Å². The number of anilines is 2. The minimum atomic E-state index is 0.255. The quantitative estimate of drug-likeness (QED) is 0.889. The van der Waals surface area contributed by atoms with Crippen molar-refractivity contribution in [2.75, 3.05) is 36.0 Å². The van der Waals surface area contributed by atoms with E-state index in [1.54, 1.807) is 6.33 Å². The average molecular weight is 262 g/mol. The first kappa shape index (κ1) is 12.7. The Morgan fingerprint density at radius 3 is 2.68 bits per heavy atom. The summed E-state index contributed by atoms with van der Waals surface area (Å²) in [5, 5.41) is 9.15. The third-order valence-electron chi connectivity index (χ3n) is 4.20. The van der Waals surface area contributed by atoms with Gasteiger partial charge in [-0.05, 0) is 32.1 Å². The second-order valence-electron chi connectivity index (χ2n) is 5.43. The van der Waals surface area contributed by atoms with E-state index in [9.17, 15) is 0 Å². The predicted molar refractivity (Wildman–Crippen MR) is 75.5 cm³/mol. The molecule has 1 unspecified atom stereocenters. The molecule has 3 rings (SSSR count). The van der Waals surface area contributed by atoms with Crippen LogP contribution in [-0.2, 0) is 0 Å². The lowest BCUT2D eigenvalue weighted by Gasteiger charge is -2.26. The van der Waals surface area contributed by atoms with Gasteiger partial charge in [-0.2, -0.15) is 0 Å². The van der Waals surface area contributed by atoms with Gasteiger partial charge in [0.15, 0.2) is 0 Å². The molecule has 5 nitrogen and oxygen atoms in total. The van der Waals surface area contributed by atoms with Gasteiger partial charge >= 0.3 is 0 Å². The third kappa shape index (κ3) is 2.66. The largest absolute Gasteiger partial charge is 0.396 e. The van der Waals surface area contributed by atoms with E-state index in [4.69, 9.17) is 5.11 Å². The fourth-order valence-corrected chi connectivity index (χ4v) is 3.20. The molecule has 19 heavy (non-hydrogen) atoms. The van der Waals surface area contributed by atoms with Crippen molar-refractivity contribution in [2.45, 2.75) is 38.1 Å². The molecule has 0 saturated carbocycles. The summed E-state index contributed by atoms with van der Waals surface area (Å²) in [5.41, 5.74) is 0. The SMILES string of the molecule is OCCC1CCCN1c1cc(N2CCCC2)ncn1. The summed E-state index contributed by atoms with van der Waals surface area (Å²) >= 11 is 0. The van der Waals surface area contributed by atoms with Crippen LogP contribution in [0.3, 0.4) is 0 Å². The van der Waals surface area contributed by atoms with Gasteiger partial charge in [-0.1, -0.05) is 0 Å². The lowest BCUT2D eigenvalue weighted by Crippen LogP contribution is -2.31. The van der Waals surface area contributed by atoms with Crippen molar-refractivity contribution in [3.05, 3.63) is 12.4 Å². The Labute approximate surface area is 114 Å². The van der Waals surface area contributed by atoms with E-state index < -0.39 is 0 Å². The molecule has 1 N–H and O–H groups in total. The first-order valence-corrected chi connectivity index (χ1v) is 7.33. The zero-order valence-corrected chi connectivity index (χ0v) is 11.3. The standard InChI is InChI=1S/C14H22N4O/c19-9-5-12-4-3-8-18(12)14-10-13(15-11-16-14)17-6-1-2-7-17/h10-12,19H,1-9H2. The Bertz CT molecular complexity index is 420. The summed E-state index contributed by atoms with van der Waals surface area (Å²) in [6.45, 7) is 3.51. The maximum atomic E-state index is 9.15. The lowest BCUT2D eigenvalue weighted by atomic mass is 10.1. The molecule has 2 aliphatic rings. The van der Waals surface area contributed by atoms with Gasteiger partial charge in [0.2, 0.25) is 0 Å². The van der Waals surface area contributed by atoms with Crippen LogP contribution in [0.5, 0.6) is 0 Å². The molecule has 2 aliphatic heterocycles. The topological polar surface area (TPSA) is 52.5 Å². The Kier molecular flexibility index (Phi) is 3.82. The van der Waals surface area contributed by atoms with E-state index in [0.717, 1.165) is 44.1 Å². The van der Waals surface area contributed by atoms with Gasteiger partial charge in [-0.25, -0.2) is 9.97 Å². The normalized spacial score (nSPS) is 23.3. The molecule has 3 heterocycles. The molecule has 0 spiro atoms. The summed E-state index contributed by atoms with van der Waals surface area (Å²) in [6, 6.07) is 2.55. The van der Waals surface area contributed by atoms with E-state index in [-0.39, 0.29) is 6.61 Å². The van der Waals surface area contributed by atoms with Gasteiger partial charge in [0.25, 0.3) is 0 Å². The monoisotopic (exact) mass is 262 g/mol. The molecular formula is C14H22N4O. The van der Waals surface area contributed by atoms with Gasteiger partial charge in [0, 0.05) is 38.3 Å². The molecule has 2 saturated heterocycles. The van der Waals surface area contributed by atoms with Crippen molar-refractivity contribution in [1.29, 1.82) is 0 Å². The molecule has 2 fully saturated rings. The molecule has 0 bridgehead atoms. The zero-order valence-electron chi connectivity index (χ0n) is 11.3. The molecule has 1 aromatic heterocycles. The number of nitrogens with zero attached hydrogens (tertiary/aromatic N) is 4. The summed E-state index contributed by atoms with van der Waals surface area (Å²) in [4.78, 5) is 13.5. The number of aromatic nitrogens is 2. The van der Waals surface area contributed by atoms with Crippen LogP contribution in [0.25, 0.3) is 0 Å². The summed E-state index contributed by atoms with van der Waals surface area (Å²) in [5.74, 6) is 2.07. The fraction of sp³-hybridized carbons (Fsp3) is 0.714. The highest BCUT2D eigenvalue weighted by Crippen LogP contribution is 2.28. The van der Waals surface area contributed by atoms with Gasteiger partial charge < -0.3 is 14.9 Å². The molecule has 1 aromatic rings. The first-order chi connectivity index (χ1) is 9.38. The number of aliphatic hydroxyl groups is 1. The van der Waals surface area contributed by atoms with E-state index in [0.29, 0.717) is 6.04 Å². The minimum Gasteiger partial charge on any atom is -0.396 e. The maximum Gasteiger partial charge on any atom is 0.134 e. The Balaban J connectivity index is 1.78. The van der Waals surface area contributed by atoms with Crippen LogP contribution >= 0.6 is 0 Å². The minimum absolute atomic E-state index is 0.255.